The number of aromatic nitrogens is 10. The van der Waals surface area contributed by atoms with Crippen LogP contribution in [0.5, 0.6) is 0 Å². The molecule has 5 aromatic carbocycles. The maximum Gasteiger partial charge on any atom is 0.273 e. The van der Waals surface area contributed by atoms with Crippen LogP contribution in [-0.2, 0) is 10.0 Å². The first-order valence-electron chi connectivity index (χ1n) is 21.3. The van der Waals surface area contributed by atoms with Crippen LogP contribution in [0.1, 0.15) is 48.5 Å². The van der Waals surface area contributed by atoms with Crippen molar-refractivity contribution in [3.63, 3.8) is 0 Å². The second-order valence-electron chi connectivity index (χ2n) is 15.7. The lowest BCUT2D eigenvalue weighted by molar-refractivity contribution is 0.100. The van der Waals surface area contributed by atoms with Crippen molar-refractivity contribution in [2.75, 3.05) is 4.31 Å². The number of carbonyl (C=O) groups excluding carboxylic acids is 1. The van der Waals surface area contributed by atoms with Gasteiger partial charge in [-0.05, 0) is 43.2 Å². The predicted octanol–water partition coefficient (Wildman–Crippen LogP) is 9.71. The van der Waals surface area contributed by atoms with E-state index in [4.69, 9.17) is 29.9 Å². The molecule has 0 saturated heterocycles. The second kappa shape index (κ2) is 16.5. The maximum atomic E-state index is 15.1. The quantitative estimate of drug-likeness (QED) is 0.134. The summed E-state index contributed by atoms with van der Waals surface area (Å²) in [7, 11) is -4.57. The summed E-state index contributed by atoms with van der Waals surface area (Å²) < 4.78 is 32.4. The zero-order valence-corrected chi connectivity index (χ0v) is 35.5. The fourth-order valence-corrected chi connectivity index (χ4v) is 9.81. The average Bonchev–Trinajstić information content (AvgIpc) is 3.76. The third-order valence-corrected chi connectivity index (χ3v) is 13.3. The van der Waals surface area contributed by atoms with Gasteiger partial charge in [0, 0.05) is 28.3 Å². The van der Waals surface area contributed by atoms with Crippen LogP contribution in [0.2, 0.25) is 0 Å². The number of carbonyl (C=O) groups is 1. The molecule has 0 aliphatic heterocycles. The molecule has 1 amide bonds. The Morgan fingerprint density at radius 2 is 1.20 bits per heavy atom. The van der Waals surface area contributed by atoms with Crippen LogP contribution in [-0.4, -0.2) is 63.7 Å². The molecular formula is C50H37N11O3S. The Hall–Kier alpha value is -8.17. The monoisotopic (exact) mass is 871 g/mol. The van der Waals surface area contributed by atoms with Gasteiger partial charge >= 0.3 is 0 Å². The minimum absolute atomic E-state index is 0.0733. The molecule has 5 aromatic heterocycles. The lowest BCUT2D eigenvalue weighted by Gasteiger charge is -2.25. The van der Waals surface area contributed by atoms with E-state index in [1.807, 2.05) is 97.1 Å². The highest BCUT2D eigenvalue weighted by molar-refractivity contribution is 7.93. The number of fused-ring (bicyclic) bond motifs is 3. The minimum atomic E-state index is -4.57. The molecule has 1 saturated carbocycles. The molecule has 1 aliphatic carbocycles. The van der Waals surface area contributed by atoms with E-state index in [1.165, 1.54) is 18.3 Å². The number of hydrogen-bond acceptors (Lipinski definition) is 12. The van der Waals surface area contributed by atoms with E-state index in [9.17, 15) is 8.42 Å². The fraction of sp³-hybridized carbons (Fsp3) is 0.120. The summed E-state index contributed by atoms with van der Waals surface area (Å²) in [4.78, 5) is 58.1. The van der Waals surface area contributed by atoms with Crippen molar-refractivity contribution in [2.24, 2.45) is 0 Å². The highest BCUT2D eigenvalue weighted by atomic mass is 32.2. The molecular weight excluding hydrogens is 835 g/mol. The van der Waals surface area contributed by atoms with Gasteiger partial charge in [0.2, 0.25) is 0 Å². The number of imidazole rings is 1. The predicted molar refractivity (Wildman–Crippen MR) is 248 cm³/mol. The van der Waals surface area contributed by atoms with Crippen LogP contribution in [0.4, 0.5) is 5.82 Å². The SMILES string of the molecule is O=C(c1ccc2c(c1)nc(-c1cnc3nc(-c4ccccc4)ncc3n1)n2C1CCCCC1)N(c1cnc2nc(-c3ccccc3)nc(-c3ccccc3)c2n1)S(=O)(=O)c1ccccc1. The Morgan fingerprint density at radius 3 is 1.91 bits per heavy atom. The van der Waals surface area contributed by atoms with E-state index in [2.05, 4.69) is 19.5 Å². The van der Waals surface area contributed by atoms with Gasteiger partial charge in [0.15, 0.2) is 34.6 Å². The third-order valence-electron chi connectivity index (χ3n) is 11.6. The van der Waals surface area contributed by atoms with Crippen molar-refractivity contribution >= 4 is 55.1 Å². The van der Waals surface area contributed by atoms with Gasteiger partial charge in [0.25, 0.3) is 15.9 Å². The Balaban J connectivity index is 1.04. The standard InChI is InChI=1S/C50H37N11O3S/c62-50(35-26-27-41-38(28-35)55-49(60(41)36-22-12-4-13-23-36)40-30-52-47-39(54-40)29-51-45(58-47)33-18-8-2-9-19-33)61(65(63,64)37-24-14-5-15-25-37)42-31-53-48-44(56-42)43(32-16-6-1-7-17-32)57-46(59-48)34-20-10-3-11-21-34/h1-3,5-11,14-21,24-31,36H,4,12-13,22-23H2. The molecule has 14 nitrogen and oxygen atoms in total. The number of anilines is 1. The first kappa shape index (κ1) is 39.7. The highest BCUT2D eigenvalue weighted by Crippen LogP contribution is 2.37. The van der Waals surface area contributed by atoms with Gasteiger partial charge in [0.05, 0.1) is 34.5 Å². The molecule has 0 radical (unpaired) electrons. The molecule has 0 spiro atoms. The van der Waals surface area contributed by atoms with E-state index < -0.39 is 15.9 Å². The van der Waals surface area contributed by atoms with Gasteiger partial charge < -0.3 is 4.57 Å². The lowest BCUT2D eigenvalue weighted by atomic mass is 9.95. The van der Waals surface area contributed by atoms with Gasteiger partial charge in [-0.25, -0.2) is 53.3 Å². The summed E-state index contributed by atoms with van der Waals surface area (Å²) in [5.74, 6) is 0.474. The Labute approximate surface area is 372 Å². The molecule has 0 bridgehead atoms. The summed E-state index contributed by atoms with van der Waals surface area (Å²) in [5, 5.41) is 0. The zero-order valence-electron chi connectivity index (χ0n) is 34.7. The minimum Gasteiger partial charge on any atom is -0.319 e. The number of benzene rings is 5. The molecule has 316 valence electrons. The van der Waals surface area contributed by atoms with Crippen LogP contribution in [0.25, 0.3) is 78.9 Å². The summed E-state index contributed by atoms with van der Waals surface area (Å²) in [6.07, 6.45) is 9.73. The van der Waals surface area contributed by atoms with Gasteiger partial charge in [-0.3, -0.25) is 4.79 Å². The molecule has 5 heterocycles. The van der Waals surface area contributed by atoms with Crippen molar-refractivity contribution in [3.05, 3.63) is 164 Å². The van der Waals surface area contributed by atoms with E-state index in [0.29, 0.717) is 55.4 Å². The average molecular weight is 872 g/mol. The molecule has 11 rings (SSSR count). The van der Waals surface area contributed by atoms with Crippen molar-refractivity contribution in [1.82, 2.24) is 49.4 Å². The number of sulfonamides is 1. The highest BCUT2D eigenvalue weighted by Gasteiger charge is 2.35. The zero-order chi connectivity index (χ0) is 43.9. The van der Waals surface area contributed by atoms with Gasteiger partial charge in [-0.1, -0.05) is 128 Å². The van der Waals surface area contributed by atoms with E-state index >= 15 is 4.79 Å². The van der Waals surface area contributed by atoms with Crippen molar-refractivity contribution in [2.45, 2.75) is 43.0 Å². The summed E-state index contributed by atoms with van der Waals surface area (Å²) in [5.41, 5.74) is 6.05. The Kier molecular flexibility index (Phi) is 10.1. The molecule has 10 aromatic rings. The second-order valence-corrected chi connectivity index (χ2v) is 17.5. The molecule has 1 fully saturated rings. The smallest absolute Gasteiger partial charge is 0.273 e. The summed E-state index contributed by atoms with van der Waals surface area (Å²) in [6.45, 7) is 0. The van der Waals surface area contributed by atoms with Crippen molar-refractivity contribution in [1.29, 1.82) is 0 Å². The van der Waals surface area contributed by atoms with Crippen LogP contribution >= 0.6 is 0 Å². The first-order chi connectivity index (χ1) is 31.9. The number of hydrogen-bond donors (Lipinski definition) is 0. The largest absolute Gasteiger partial charge is 0.319 e. The van der Waals surface area contributed by atoms with Gasteiger partial charge in [0.1, 0.15) is 22.4 Å². The summed E-state index contributed by atoms with van der Waals surface area (Å²) >= 11 is 0. The molecule has 65 heavy (non-hydrogen) atoms. The normalized spacial score (nSPS) is 13.4. The van der Waals surface area contributed by atoms with Crippen molar-refractivity contribution in [3.8, 4) is 45.6 Å². The van der Waals surface area contributed by atoms with Crippen LogP contribution in [0.15, 0.2) is 163 Å². The molecule has 0 atom stereocenters. The molecule has 0 N–H and O–H groups in total. The Morgan fingerprint density at radius 1 is 0.569 bits per heavy atom. The van der Waals surface area contributed by atoms with Gasteiger partial charge in [-0.15, -0.1) is 0 Å². The van der Waals surface area contributed by atoms with E-state index in [0.717, 1.165) is 48.7 Å². The van der Waals surface area contributed by atoms with E-state index in [1.54, 1.807) is 42.7 Å². The number of nitrogens with zero attached hydrogens (tertiary/aromatic N) is 11. The van der Waals surface area contributed by atoms with Gasteiger partial charge in [-0.2, -0.15) is 4.31 Å². The molecule has 0 unspecified atom stereocenters. The molecule has 1 aliphatic rings. The van der Waals surface area contributed by atoms with Crippen LogP contribution in [0, 0.1) is 0 Å². The maximum absolute atomic E-state index is 15.1. The number of rotatable bonds is 9. The Bertz CT molecular complexity index is 3520. The third kappa shape index (κ3) is 7.40. The topological polar surface area (TPSA) is 175 Å². The number of amides is 1. The molecule has 15 heteroatoms. The van der Waals surface area contributed by atoms with Crippen LogP contribution < -0.4 is 4.31 Å². The van der Waals surface area contributed by atoms with E-state index in [-0.39, 0.29) is 33.5 Å². The van der Waals surface area contributed by atoms with Crippen molar-refractivity contribution < 1.29 is 13.2 Å². The first-order valence-corrected chi connectivity index (χ1v) is 22.7. The summed E-state index contributed by atoms with van der Waals surface area (Å²) in [6, 6.07) is 41.5. The lowest BCUT2D eigenvalue weighted by Crippen LogP contribution is -2.37. The van der Waals surface area contributed by atoms with Crippen LogP contribution in [0.3, 0.4) is 0 Å². The fourth-order valence-electron chi connectivity index (χ4n) is 8.44.